The van der Waals surface area contributed by atoms with Gasteiger partial charge in [0.05, 0.1) is 5.69 Å². The number of hydrogen-bond donors (Lipinski definition) is 0. The first kappa shape index (κ1) is 8.62. The molecule has 0 aliphatic carbocycles. The Bertz CT molecular complexity index is 340. The van der Waals surface area contributed by atoms with Crippen LogP contribution in [-0.4, -0.2) is 27.4 Å². The minimum absolute atomic E-state index is 0.356. The van der Waals surface area contributed by atoms with E-state index in [1.54, 1.807) is 13.1 Å². The summed E-state index contributed by atoms with van der Waals surface area (Å²) in [6.07, 6.45) is 1.72. The van der Waals surface area contributed by atoms with Crippen molar-refractivity contribution in [3.63, 3.8) is 0 Å². The first-order chi connectivity index (χ1) is 5.66. The van der Waals surface area contributed by atoms with E-state index >= 15 is 0 Å². The van der Waals surface area contributed by atoms with E-state index in [4.69, 9.17) is 5.26 Å². The molecular weight excluding hydrogens is 176 g/mol. The van der Waals surface area contributed by atoms with Gasteiger partial charge in [0.25, 0.3) is 5.91 Å². The van der Waals surface area contributed by atoms with E-state index < -0.39 is 0 Å². The molecule has 0 aliphatic heterocycles. The van der Waals surface area contributed by atoms with Gasteiger partial charge in [0.1, 0.15) is 4.88 Å². The second-order valence-corrected chi connectivity index (χ2v) is 2.91. The van der Waals surface area contributed by atoms with E-state index in [9.17, 15) is 4.79 Å². The van der Waals surface area contributed by atoms with Crippen LogP contribution in [0.1, 0.15) is 15.4 Å². The number of nitrogens with zero attached hydrogens (tertiary/aromatic N) is 4. The number of rotatable bonds is 1. The van der Waals surface area contributed by atoms with Gasteiger partial charge in [0, 0.05) is 7.05 Å². The number of hydrogen-bond acceptors (Lipinski definition) is 5. The molecule has 1 rings (SSSR count). The van der Waals surface area contributed by atoms with E-state index in [0.29, 0.717) is 10.6 Å². The molecule has 0 atom stereocenters. The summed E-state index contributed by atoms with van der Waals surface area (Å²) in [5.41, 5.74) is 0.562. The van der Waals surface area contributed by atoms with Crippen LogP contribution in [0.4, 0.5) is 0 Å². The Labute approximate surface area is 73.4 Å². The molecule has 0 saturated heterocycles. The summed E-state index contributed by atoms with van der Waals surface area (Å²) in [5.74, 6) is -0.356. The van der Waals surface area contributed by atoms with Gasteiger partial charge >= 0.3 is 0 Å². The molecule has 0 spiro atoms. The molecule has 1 aromatic heterocycles. The van der Waals surface area contributed by atoms with Crippen LogP contribution in [0.2, 0.25) is 0 Å². The molecule has 0 aromatic carbocycles. The van der Waals surface area contributed by atoms with Crippen LogP contribution in [0.15, 0.2) is 0 Å². The number of carbonyl (C=O) groups is 1. The van der Waals surface area contributed by atoms with Crippen molar-refractivity contribution in [1.29, 1.82) is 5.26 Å². The maximum Gasteiger partial charge on any atom is 0.280 e. The number of amides is 1. The van der Waals surface area contributed by atoms with Crippen LogP contribution in [0.25, 0.3) is 0 Å². The van der Waals surface area contributed by atoms with Crippen molar-refractivity contribution >= 4 is 17.4 Å². The maximum atomic E-state index is 11.3. The Hall–Kier alpha value is -1.48. The molecule has 0 bridgehead atoms. The SMILES string of the molecule is Cc1nnsc1C(=O)N(C)C#N. The van der Waals surface area contributed by atoms with Crippen molar-refractivity contribution in [1.82, 2.24) is 14.5 Å². The quantitative estimate of drug-likeness (QED) is 0.465. The maximum absolute atomic E-state index is 11.3. The molecule has 12 heavy (non-hydrogen) atoms. The van der Waals surface area contributed by atoms with Crippen molar-refractivity contribution in [2.75, 3.05) is 7.05 Å². The molecule has 1 heterocycles. The molecule has 1 amide bonds. The molecule has 0 N–H and O–H groups in total. The van der Waals surface area contributed by atoms with E-state index in [2.05, 4.69) is 9.59 Å². The van der Waals surface area contributed by atoms with Crippen LogP contribution < -0.4 is 0 Å². The number of carbonyl (C=O) groups excluding carboxylic acids is 1. The predicted octanol–water partition coefficient (Wildman–Crippen LogP) is 0.400. The average molecular weight is 182 g/mol. The molecule has 0 aliphatic rings. The Morgan fingerprint density at radius 2 is 2.42 bits per heavy atom. The first-order valence-electron chi connectivity index (χ1n) is 3.13. The van der Waals surface area contributed by atoms with Crippen molar-refractivity contribution < 1.29 is 4.79 Å². The molecule has 0 fully saturated rings. The monoisotopic (exact) mass is 182 g/mol. The Morgan fingerprint density at radius 3 is 2.83 bits per heavy atom. The summed E-state index contributed by atoms with van der Waals surface area (Å²) in [6.45, 7) is 1.68. The molecule has 5 nitrogen and oxygen atoms in total. The lowest BCUT2D eigenvalue weighted by molar-refractivity contribution is 0.0862. The lowest BCUT2D eigenvalue weighted by atomic mass is 10.4. The Morgan fingerprint density at radius 1 is 1.75 bits per heavy atom. The van der Waals surface area contributed by atoms with E-state index in [1.165, 1.54) is 7.05 Å². The lowest BCUT2D eigenvalue weighted by Crippen LogP contribution is -2.20. The number of aromatic nitrogens is 2. The highest BCUT2D eigenvalue weighted by Crippen LogP contribution is 2.10. The first-order valence-corrected chi connectivity index (χ1v) is 3.91. The lowest BCUT2D eigenvalue weighted by Gasteiger charge is -2.03. The fraction of sp³-hybridized carbons (Fsp3) is 0.333. The van der Waals surface area contributed by atoms with Crippen LogP contribution in [-0.2, 0) is 0 Å². The molecular formula is C6H6N4OS. The van der Waals surface area contributed by atoms with Gasteiger partial charge in [-0.1, -0.05) is 4.49 Å². The van der Waals surface area contributed by atoms with Crippen molar-refractivity contribution in [3.8, 4) is 6.19 Å². The van der Waals surface area contributed by atoms with Crippen LogP contribution in [0.5, 0.6) is 0 Å². The molecule has 0 radical (unpaired) electrons. The second-order valence-electron chi connectivity index (χ2n) is 2.15. The van der Waals surface area contributed by atoms with Gasteiger partial charge < -0.3 is 0 Å². The van der Waals surface area contributed by atoms with Gasteiger partial charge in [-0.3, -0.25) is 4.79 Å². The largest absolute Gasteiger partial charge is 0.280 e. The third-order valence-electron chi connectivity index (χ3n) is 1.30. The topological polar surface area (TPSA) is 69.9 Å². The summed E-state index contributed by atoms with van der Waals surface area (Å²) < 4.78 is 3.59. The number of aryl methyl sites for hydroxylation is 1. The van der Waals surface area contributed by atoms with Crippen molar-refractivity contribution in [2.45, 2.75) is 6.92 Å². The molecule has 0 unspecified atom stereocenters. The van der Waals surface area contributed by atoms with Crippen LogP contribution >= 0.6 is 11.5 Å². The van der Waals surface area contributed by atoms with Crippen molar-refractivity contribution in [3.05, 3.63) is 10.6 Å². The van der Waals surface area contributed by atoms with E-state index in [-0.39, 0.29) is 5.91 Å². The highest BCUT2D eigenvalue weighted by molar-refractivity contribution is 7.07. The van der Waals surface area contributed by atoms with Gasteiger partial charge in [0.2, 0.25) is 0 Å². The smallest absolute Gasteiger partial charge is 0.267 e. The van der Waals surface area contributed by atoms with Crippen LogP contribution in [0, 0.1) is 18.4 Å². The van der Waals surface area contributed by atoms with Gasteiger partial charge in [-0.25, -0.2) is 4.90 Å². The fourth-order valence-corrected chi connectivity index (χ4v) is 1.26. The average Bonchev–Trinajstić information content (AvgIpc) is 2.48. The van der Waals surface area contributed by atoms with E-state index in [1.807, 2.05) is 0 Å². The van der Waals surface area contributed by atoms with Gasteiger partial charge in [-0.05, 0) is 18.5 Å². The second kappa shape index (κ2) is 3.28. The summed E-state index contributed by atoms with van der Waals surface area (Å²) in [7, 11) is 1.40. The minimum Gasteiger partial charge on any atom is -0.267 e. The normalized spacial score (nSPS) is 9.08. The molecule has 1 aromatic rings. The molecule has 0 saturated carbocycles. The van der Waals surface area contributed by atoms with Gasteiger partial charge in [0.15, 0.2) is 6.19 Å². The van der Waals surface area contributed by atoms with Crippen LogP contribution in [0.3, 0.4) is 0 Å². The highest BCUT2D eigenvalue weighted by Gasteiger charge is 2.16. The predicted molar refractivity (Wildman–Crippen MR) is 42.4 cm³/mol. The standard InChI is InChI=1S/C6H6N4OS/c1-4-5(12-9-8-4)6(11)10(2)3-7/h1-2H3. The fourth-order valence-electron chi connectivity index (χ4n) is 0.625. The summed E-state index contributed by atoms with van der Waals surface area (Å²) in [4.78, 5) is 12.7. The van der Waals surface area contributed by atoms with Gasteiger partial charge in [-0.2, -0.15) is 5.26 Å². The van der Waals surface area contributed by atoms with E-state index in [0.717, 1.165) is 16.4 Å². The Kier molecular flexibility index (Phi) is 2.35. The van der Waals surface area contributed by atoms with Gasteiger partial charge in [-0.15, -0.1) is 5.10 Å². The summed E-state index contributed by atoms with van der Waals surface area (Å²) >= 11 is 0.998. The highest BCUT2D eigenvalue weighted by atomic mass is 32.1. The zero-order valence-electron chi connectivity index (χ0n) is 6.61. The number of nitriles is 1. The third-order valence-corrected chi connectivity index (χ3v) is 2.12. The molecule has 6 heteroatoms. The summed E-state index contributed by atoms with van der Waals surface area (Å²) in [6, 6.07) is 0. The summed E-state index contributed by atoms with van der Waals surface area (Å²) in [5, 5.41) is 12.1. The molecule has 62 valence electrons. The Balaban J connectivity index is 2.94. The third kappa shape index (κ3) is 1.40. The minimum atomic E-state index is -0.356. The zero-order valence-corrected chi connectivity index (χ0v) is 7.42. The van der Waals surface area contributed by atoms with Crippen molar-refractivity contribution in [2.24, 2.45) is 0 Å². The zero-order chi connectivity index (χ0) is 9.14.